The Labute approximate surface area is 163 Å². The van der Waals surface area contributed by atoms with Gasteiger partial charge in [0.1, 0.15) is 12.1 Å². The van der Waals surface area contributed by atoms with Gasteiger partial charge in [-0.05, 0) is 36.4 Å². The molecule has 0 unspecified atom stereocenters. The Balaban J connectivity index is 1.62. The Kier molecular flexibility index (Phi) is 4.65. The summed E-state index contributed by atoms with van der Waals surface area (Å²) in [4.78, 5) is 13.5. The smallest absolute Gasteiger partial charge is 0.175 e. The van der Waals surface area contributed by atoms with Crippen LogP contribution in [0.2, 0.25) is 5.02 Å². The zero-order valence-corrected chi connectivity index (χ0v) is 16.4. The van der Waals surface area contributed by atoms with Crippen LogP contribution in [0.1, 0.15) is 0 Å². The normalized spacial score (nSPS) is 15.3. The maximum atomic E-state index is 11.9. The van der Waals surface area contributed by atoms with Crippen LogP contribution in [0.3, 0.4) is 0 Å². The lowest BCUT2D eigenvalue weighted by molar-refractivity contribution is 0.602. The van der Waals surface area contributed by atoms with Crippen molar-refractivity contribution in [1.29, 1.82) is 0 Å². The van der Waals surface area contributed by atoms with E-state index in [4.69, 9.17) is 11.6 Å². The van der Waals surface area contributed by atoms with Gasteiger partial charge < -0.3 is 9.80 Å². The molecule has 3 aromatic rings. The van der Waals surface area contributed by atoms with Crippen LogP contribution < -0.4 is 9.80 Å². The van der Waals surface area contributed by atoms with Gasteiger partial charge in [0.05, 0.1) is 10.4 Å². The van der Waals surface area contributed by atoms with E-state index in [0.29, 0.717) is 0 Å². The lowest BCUT2D eigenvalue weighted by Crippen LogP contribution is -2.46. The van der Waals surface area contributed by atoms with Crippen molar-refractivity contribution in [2.75, 3.05) is 42.2 Å². The highest BCUT2D eigenvalue weighted by Crippen LogP contribution is 2.28. The molecule has 0 saturated carbocycles. The molecule has 0 bridgehead atoms. The van der Waals surface area contributed by atoms with Gasteiger partial charge in [0, 0.05) is 48.5 Å². The highest BCUT2D eigenvalue weighted by atomic mass is 35.5. The summed E-state index contributed by atoms with van der Waals surface area (Å²) in [7, 11) is -3.29. The van der Waals surface area contributed by atoms with Crippen molar-refractivity contribution in [3.05, 3.63) is 53.8 Å². The summed E-state index contributed by atoms with van der Waals surface area (Å²) < 4.78 is 23.8. The molecule has 1 saturated heterocycles. The molecule has 0 spiro atoms. The van der Waals surface area contributed by atoms with E-state index in [1.54, 1.807) is 18.2 Å². The molecule has 0 aliphatic carbocycles. The summed E-state index contributed by atoms with van der Waals surface area (Å²) in [6.07, 6.45) is 2.74. The fourth-order valence-electron chi connectivity index (χ4n) is 3.35. The first-order valence-corrected chi connectivity index (χ1v) is 10.9. The van der Waals surface area contributed by atoms with Gasteiger partial charge in [0.15, 0.2) is 9.84 Å². The molecule has 1 aromatic heterocycles. The Morgan fingerprint density at radius 1 is 0.963 bits per heavy atom. The number of hydrogen-bond donors (Lipinski definition) is 0. The van der Waals surface area contributed by atoms with Crippen molar-refractivity contribution >= 4 is 43.8 Å². The molecule has 4 rings (SSSR count). The molecule has 140 valence electrons. The van der Waals surface area contributed by atoms with Crippen molar-refractivity contribution in [3.8, 4) is 0 Å². The summed E-state index contributed by atoms with van der Waals surface area (Å²) >= 11 is 6.10. The molecule has 0 radical (unpaired) electrons. The number of sulfone groups is 1. The monoisotopic (exact) mass is 402 g/mol. The molecule has 0 atom stereocenters. The van der Waals surface area contributed by atoms with Crippen molar-refractivity contribution in [3.63, 3.8) is 0 Å². The summed E-state index contributed by atoms with van der Waals surface area (Å²) in [5.41, 5.74) is 1.85. The number of halogens is 1. The third kappa shape index (κ3) is 3.70. The molecule has 2 heterocycles. The maximum Gasteiger partial charge on any atom is 0.175 e. The van der Waals surface area contributed by atoms with Crippen LogP contribution in [0.5, 0.6) is 0 Å². The fourth-order valence-corrected chi connectivity index (χ4v) is 4.19. The Morgan fingerprint density at radius 2 is 1.70 bits per heavy atom. The second kappa shape index (κ2) is 6.98. The van der Waals surface area contributed by atoms with Gasteiger partial charge in [0.25, 0.3) is 0 Å². The minimum atomic E-state index is -3.29. The molecule has 1 aliphatic rings. The third-order valence-electron chi connectivity index (χ3n) is 4.77. The topological polar surface area (TPSA) is 66.4 Å². The first kappa shape index (κ1) is 18.0. The minimum absolute atomic E-state index is 0.281. The first-order valence-electron chi connectivity index (χ1n) is 8.62. The zero-order chi connectivity index (χ0) is 19.0. The SMILES string of the molecule is CS(=O)(=O)c1ccc2ncnc(N3CCN(c4cccc(Cl)c4)CC3)c2c1. The molecule has 2 aromatic carbocycles. The van der Waals surface area contributed by atoms with E-state index in [1.807, 2.05) is 18.2 Å². The predicted octanol–water partition coefficient (Wildman–Crippen LogP) is 3.01. The van der Waals surface area contributed by atoms with Crippen molar-refractivity contribution < 1.29 is 8.42 Å². The predicted molar refractivity (Wildman–Crippen MR) is 109 cm³/mol. The molecular weight excluding hydrogens is 384 g/mol. The largest absolute Gasteiger partial charge is 0.368 e. The van der Waals surface area contributed by atoms with E-state index < -0.39 is 9.84 Å². The Hall–Kier alpha value is -2.38. The zero-order valence-electron chi connectivity index (χ0n) is 14.8. The molecule has 0 amide bonds. The van der Waals surface area contributed by atoms with Crippen LogP contribution in [0.15, 0.2) is 53.7 Å². The van der Waals surface area contributed by atoms with Crippen LogP contribution in [-0.4, -0.2) is 50.8 Å². The number of fused-ring (bicyclic) bond motifs is 1. The lowest BCUT2D eigenvalue weighted by atomic mass is 10.2. The quantitative estimate of drug-likeness (QED) is 0.671. The molecule has 8 heteroatoms. The summed E-state index contributed by atoms with van der Waals surface area (Å²) in [5.74, 6) is 0.774. The van der Waals surface area contributed by atoms with Crippen LogP contribution >= 0.6 is 11.6 Å². The second-order valence-electron chi connectivity index (χ2n) is 6.60. The average Bonchev–Trinajstić information content (AvgIpc) is 2.66. The van der Waals surface area contributed by atoms with Gasteiger partial charge in [-0.1, -0.05) is 17.7 Å². The van der Waals surface area contributed by atoms with Gasteiger partial charge in [-0.3, -0.25) is 0 Å². The van der Waals surface area contributed by atoms with E-state index in [2.05, 4.69) is 25.8 Å². The Bertz CT molecular complexity index is 1100. The lowest BCUT2D eigenvalue weighted by Gasteiger charge is -2.37. The third-order valence-corrected chi connectivity index (χ3v) is 6.11. The summed E-state index contributed by atoms with van der Waals surface area (Å²) in [6.45, 7) is 3.22. The number of nitrogens with zero attached hydrogens (tertiary/aromatic N) is 4. The summed E-state index contributed by atoms with van der Waals surface area (Å²) in [5, 5.41) is 1.49. The molecule has 1 fully saturated rings. The molecular formula is C19H19ClN4O2S. The average molecular weight is 403 g/mol. The standard InChI is InChI=1S/C19H19ClN4O2S/c1-27(25,26)16-5-6-18-17(12-16)19(22-13-21-18)24-9-7-23(8-10-24)15-4-2-3-14(20)11-15/h2-6,11-13H,7-10H2,1H3. The molecule has 6 nitrogen and oxygen atoms in total. The van der Waals surface area contributed by atoms with Gasteiger partial charge >= 0.3 is 0 Å². The van der Waals surface area contributed by atoms with Crippen molar-refractivity contribution in [2.24, 2.45) is 0 Å². The van der Waals surface area contributed by atoms with E-state index in [0.717, 1.165) is 53.6 Å². The number of aromatic nitrogens is 2. The van der Waals surface area contributed by atoms with Gasteiger partial charge in [-0.15, -0.1) is 0 Å². The van der Waals surface area contributed by atoms with Crippen LogP contribution in [-0.2, 0) is 9.84 Å². The molecule has 27 heavy (non-hydrogen) atoms. The number of anilines is 2. The van der Waals surface area contributed by atoms with E-state index in [-0.39, 0.29) is 4.90 Å². The second-order valence-corrected chi connectivity index (χ2v) is 9.05. The number of benzene rings is 2. The van der Waals surface area contributed by atoms with Gasteiger partial charge in [-0.25, -0.2) is 18.4 Å². The van der Waals surface area contributed by atoms with Crippen LogP contribution in [0.4, 0.5) is 11.5 Å². The highest BCUT2D eigenvalue weighted by molar-refractivity contribution is 7.90. The molecule has 1 aliphatic heterocycles. The van der Waals surface area contributed by atoms with Crippen LogP contribution in [0, 0.1) is 0 Å². The first-order chi connectivity index (χ1) is 12.9. The van der Waals surface area contributed by atoms with Crippen molar-refractivity contribution in [2.45, 2.75) is 4.90 Å². The Morgan fingerprint density at radius 3 is 2.41 bits per heavy atom. The van der Waals surface area contributed by atoms with E-state index in [9.17, 15) is 8.42 Å². The van der Waals surface area contributed by atoms with E-state index >= 15 is 0 Å². The number of piperazine rings is 1. The van der Waals surface area contributed by atoms with Gasteiger partial charge in [0.2, 0.25) is 0 Å². The number of rotatable bonds is 3. The number of hydrogen-bond acceptors (Lipinski definition) is 6. The molecule has 0 N–H and O–H groups in total. The van der Waals surface area contributed by atoms with E-state index in [1.165, 1.54) is 12.6 Å². The fraction of sp³-hybridized carbons (Fsp3) is 0.263. The van der Waals surface area contributed by atoms with Crippen LogP contribution in [0.25, 0.3) is 10.9 Å². The highest BCUT2D eigenvalue weighted by Gasteiger charge is 2.21. The van der Waals surface area contributed by atoms with Gasteiger partial charge in [-0.2, -0.15) is 0 Å². The maximum absolute atomic E-state index is 11.9. The summed E-state index contributed by atoms with van der Waals surface area (Å²) in [6, 6.07) is 12.8. The van der Waals surface area contributed by atoms with Crippen molar-refractivity contribution in [1.82, 2.24) is 9.97 Å². The minimum Gasteiger partial charge on any atom is -0.368 e.